The fourth-order valence-corrected chi connectivity index (χ4v) is 4.37. The number of aromatic nitrogens is 1. The topological polar surface area (TPSA) is 88.1 Å². The zero-order valence-corrected chi connectivity index (χ0v) is 22.2. The minimum atomic E-state index is -0.321. The maximum absolute atomic E-state index is 12.1. The number of halogens is 1. The maximum Gasteiger partial charge on any atom is 0.350 e. The molecule has 10 heteroatoms. The number of hydrogen-bond acceptors (Lipinski definition) is 7. The number of aryl methyl sites for hydroxylation is 1. The number of carbonyl (C=O) groups is 1. The molecule has 1 unspecified atom stereocenters. The molecule has 32 heavy (non-hydrogen) atoms. The molecule has 0 amide bonds. The van der Waals surface area contributed by atoms with Crippen LogP contribution in [-0.4, -0.2) is 56.9 Å². The zero-order valence-electron chi connectivity index (χ0n) is 19.0. The molecule has 1 aliphatic heterocycles. The van der Waals surface area contributed by atoms with Gasteiger partial charge in [-0.15, -0.1) is 35.3 Å². The van der Waals surface area contributed by atoms with Gasteiger partial charge >= 0.3 is 5.97 Å². The molecule has 8 nitrogen and oxygen atoms in total. The van der Waals surface area contributed by atoms with Crippen LogP contribution in [0.1, 0.15) is 45.8 Å². The third-order valence-corrected chi connectivity index (χ3v) is 6.33. The van der Waals surface area contributed by atoms with Gasteiger partial charge in [-0.2, -0.15) is 0 Å². The van der Waals surface area contributed by atoms with E-state index in [1.807, 2.05) is 13.8 Å². The minimum Gasteiger partial charge on any atom is -0.462 e. The fraction of sp³-hybridized carbons (Fsp3) is 0.500. The molecule has 1 aromatic carbocycles. The van der Waals surface area contributed by atoms with E-state index in [0.717, 1.165) is 31.3 Å². The third-order valence-electron chi connectivity index (χ3n) is 5.01. The molecule has 1 fully saturated rings. The lowest BCUT2D eigenvalue weighted by Gasteiger charge is -2.30. The quantitative estimate of drug-likeness (QED) is 0.227. The fourth-order valence-electron chi connectivity index (χ4n) is 3.40. The van der Waals surface area contributed by atoms with E-state index in [2.05, 4.69) is 49.8 Å². The number of aliphatic imine (C=N–C) groups is 1. The minimum absolute atomic E-state index is 0. The average Bonchev–Trinajstić information content (AvgIpc) is 3.19. The number of benzene rings is 1. The predicted octanol–water partition coefficient (Wildman–Crippen LogP) is 3.51. The zero-order chi connectivity index (χ0) is 22.2. The number of morpholine rings is 1. The van der Waals surface area contributed by atoms with E-state index in [9.17, 15) is 4.79 Å². The third kappa shape index (κ3) is 6.79. The van der Waals surface area contributed by atoms with Gasteiger partial charge in [0.15, 0.2) is 5.96 Å². The summed E-state index contributed by atoms with van der Waals surface area (Å²) in [5.41, 5.74) is 3.11. The predicted molar refractivity (Wildman–Crippen MR) is 139 cm³/mol. The van der Waals surface area contributed by atoms with Crippen molar-refractivity contribution in [2.75, 3.05) is 44.9 Å². The summed E-state index contributed by atoms with van der Waals surface area (Å²) in [5, 5.41) is 7.58. The standard InChI is InChI=1S/C22H31N5O3S.HI/c1-5-30-21(28)19-15(2)25-20(31-19)16(3)26-22(23-4)24-14-17-8-6-7-9-18(17)27-10-12-29-13-11-27;/h6-9,16H,5,10-14H2,1-4H3,(H2,23,24,26);1H. The summed E-state index contributed by atoms with van der Waals surface area (Å²) in [5.74, 6) is 0.355. The Hall–Kier alpha value is -1.92. The van der Waals surface area contributed by atoms with Gasteiger partial charge in [0.05, 0.1) is 31.6 Å². The smallest absolute Gasteiger partial charge is 0.350 e. The number of guanidine groups is 1. The first-order valence-corrected chi connectivity index (χ1v) is 11.4. The van der Waals surface area contributed by atoms with E-state index in [0.29, 0.717) is 29.7 Å². The van der Waals surface area contributed by atoms with Crippen LogP contribution in [-0.2, 0) is 16.0 Å². The van der Waals surface area contributed by atoms with Crippen LogP contribution in [0.2, 0.25) is 0 Å². The molecule has 1 atom stereocenters. The van der Waals surface area contributed by atoms with Gasteiger partial charge in [0.1, 0.15) is 9.88 Å². The van der Waals surface area contributed by atoms with E-state index >= 15 is 0 Å². The lowest BCUT2D eigenvalue weighted by molar-refractivity contribution is 0.0531. The van der Waals surface area contributed by atoms with E-state index in [1.54, 1.807) is 14.0 Å². The van der Waals surface area contributed by atoms with Crippen LogP contribution in [0.3, 0.4) is 0 Å². The van der Waals surface area contributed by atoms with E-state index in [4.69, 9.17) is 9.47 Å². The summed E-state index contributed by atoms with van der Waals surface area (Å²) in [6.07, 6.45) is 0. The van der Waals surface area contributed by atoms with Crippen molar-refractivity contribution in [1.29, 1.82) is 0 Å². The normalized spacial score (nSPS) is 15.0. The Labute approximate surface area is 210 Å². The molecule has 2 aromatic rings. The summed E-state index contributed by atoms with van der Waals surface area (Å²) in [6.45, 7) is 9.92. The number of rotatable bonds is 7. The van der Waals surface area contributed by atoms with Gasteiger partial charge in [0.25, 0.3) is 0 Å². The number of ether oxygens (including phenoxy) is 2. The van der Waals surface area contributed by atoms with Gasteiger partial charge in [0.2, 0.25) is 0 Å². The molecule has 3 rings (SSSR count). The number of anilines is 1. The van der Waals surface area contributed by atoms with Gasteiger partial charge < -0.3 is 25.0 Å². The molecular weight excluding hydrogens is 541 g/mol. The molecular formula is C22H32IN5O3S. The van der Waals surface area contributed by atoms with Crippen LogP contribution in [0.25, 0.3) is 0 Å². The summed E-state index contributed by atoms with van der Waals surface area (Å²) in [6, 6.07) is 8.29. The molecule has 0 saturated carbocycles. The van der Waals surface area contributed by atoms with Gasteiger partial charge in [-0.25, -0.2) is 9.78 Å². The number of thiazole rings is 1. The summed E-state index contributed by atoms with van der Waals surface area (Å²) in [7, 11) is 1.74. The molecule has 0 bridgehead atoms. The molecule has 1 aromatic heterocycles. The van der Waals surface area contributed by atoms with Crippen molar-refractivity contribution < 1.29 is 14.3 Å². The molecule has 2 heterocycles. The van der Waals surface area contributed by atoms with E-state index < -0.39 is 0 Å². The van der Waals surface area contributed by atoms with Gasteiger partial charge in [-0.1, -0.05) is 18.2 Å². The first-order valence-electron chi connectivity index (χ1n) is 10.6. The molecule has 1 aliphatic rings. The Morgan fingerprint density at radius 1 is 1.34 bits per heavy atom. The molecule has 1 saturated heterocycles. The molecule has 2 N–H and O–H groups in total. The van der Waals surface area contributed by atoms with Crippen molar-refractivity contribution in [1.82, 2.24) is 15.6 Å². The second-order valence-electron chi connectivity index (χ2n) is 7.21. The highest BCUT2D eigenvalue weighted by atomic mass is 127. The van der Waals surface area contributed by atoms with E-state index in [-0.39, 0.29) is 36.0 Å². The Bertz CT molecular complexity index is 915. The van der Waals surface area contributed by atoms with Crippen LogP contribution >= 0.6 is 35.3 Å². The Morgan fingerprint density at radius 2 is 2.06 bits per heavy atom. The van der Waals surface area contributed by atoms with Crippen molar-refractivity contribution in [3.63, 3.8) is 0 Å². The summed E-state index contributed by atoms with van der Waals surface area (Å²) in [4.78, 5) is 23.9. The van der Waals surface area contributed by atoms with Crippen LogP contribution in [0.4, 0.5) is 5.69 Å². The lowest BCUT2D eigenvalue weighted by atomic mass is 10.1. The van der Waals surface area contributed by atoms with Crippen molar-refractivity contribution in [2.24, 2.45) is 4.99 Å². The monoisotopic (exact) mass is 573 g/mol. The van der Waals surface area contributed by atoms with Gasteiger partial charge in [-0.05, 0) is 32.4 Å². The van der Waals surface area contributed by atoms with Crippen molar-refractivity contribution in [3.05, 3.63) is 45.4 Å². The SMILES string of the molecule is CCOC(=O)c1sc(C(C)NC(=NC)NCc2ccccc2N2CCOCC2)nc1C.I. The van der Waals surface area contributed by atoms with Crippen molar-refractivity contribution in [3.8, 4) is 0 Å². The first-order chi connectivity index (χ1) is 15.0. The number of nitrogens with one attached hydrogen (secondary N) is 2. The number of hydrogen-bond donors (Lipinski definition) is 2. The lowest BCUT2D eigenvalue weighted by Crippen LogP contribution is -2.39. The van der Waals surface area contributed by atoms with Crippen molar-refractivity contribution in [2.45, 2.75) is 33.4 Å². The molecule has 0 aliphatic carbocycles. The van der Waals surface area contributed by atoms with Crippen LogP contribution in [0.5, 0.6) is 0 Å². The Morgan fingerprint density at radius 3 is 2.75 bits per heavy atom. The molecule has 0 radical (unpaired) electrons. The van der Waals surface area contributed by atoms with Gasteiger partial charge in [0, 0.05) is 32.4 Å². The Balaban J connectivity index is 0.00000363. The summed E-state index contributed by atoms with van der Waals surface area (Å²) < 4.78 is 10.6. The van der Waals surface area contributed by atoms with Crippen LogP contribution in [0, 0.1) is 6.92 Å². The average molecular weight is 574 g/mol. The number of carbonyl (C=O) groups excluding carboxylic acids is 1. The van der Waals surface area contributed by atoms with E-state index in [1.165, 1.54) is 22.6 Å². The second kappa shape index (κ2) is 12.9. The number of nitrogens with zero attached hydrogens (tertiary/aromatic N) is 3. The van der Waals surface area contributed by atoms with Crippen molar-refractivity contribution >= 4 is 52.9 Å². The summed E-state index contributed by atoms with van der Waals surface area (Å²) >= 11 is 1.35. The molecule has 176 valence electrons. The maximum atomic E-state index is 12.1. The first kappa shape index (κ1) is 26.3. The number of para-hydroxylation sites is 1. The molecule has 0 spiro atoms. The highest BCUT2D eigenvalue weighted by Gasteiger charge is 2.20. The highest BCUT2D eigenvalue weighted by molar-refractivity contribution is 14.0. The van der Waals surface area contributed by atoms with Gasteiger partial charge in [-0.3, -0.25) is 4.99 Å². The van der Waals surface area contributed by atoms with Crippen LogP contribution < -0.4 is 15.5 Å². The van der Waals surface area contributed by atoms with Crippen LogP contribution in [0.15, 0.2) is 29.3 Å². The highest BCUT2D eigenvalue weighted by Crippen LogP contribution is 2.25. The second-order valence-corrected chi connectivity index (χ2v) is 8.24. The number of esters is 1. The largest absolute Gasteiger partial charge is 0.462 e. The Kier molecular flexibility index (Phi) is 10.7.